The zero-order valence-electron chi connectivity index (χ0n) is 10.8. The van der Waals surface area contributed by atoms with E-state index in [1.54, 1.807) is 0 Å². The third kappa shape index (κ3) is 3.22. The molecule has 0 spiro atoms. The lowest BCUT2D eigenvalue weighted by molar-refractivity contribution is -0.152. The SMILES string of the molecule is CC1CCN(C(=O)C(C)S(C)(=O)=O)C(C(=O)O)C1. The van der Waals surface area contributed by atoms with Crippen LogP contribution < -0.4 is 0 Å². The third-order valence-electron chi connectivity index (χ3n) is 3.42. The molecule has 1 rings (SSSR count). The highest BCUT2D eigenvalue weighted by atomic mass is 32.2. The number of piperidine rings is 1. The van der Waals surface area contributed by atoms with E-state index in [-0.39, 0.29) is 5.92 Å². The van der Waals surface area contributed by atoms with Crippen LogP contribution in [0.4, 0.5) is 0 Å². The number of sulfone groups is 1. The molecule has 1 N–H and O–H groups in total. The summed E-state index contributed by atoms with van der Waals surface area (Å²) in [5.74, 6) is -1.46. The summed E-state index contributed by atoms with van der Waals surface area (Å²) in [5, 5.41) is 7.93. The van der Waals surface area contributed by atoms with Gasteiger partial charge in [-0.25, -0.2) is 13.2 Å². The number of amides is 1. The first-order chi connectivity index (χ1) is 8.14. The van der Waals surface area contributed by atoms with Crippen molar-refractivity contribution in [2.45, 2.75) is 38.0 Å². The first-order valence-corrected chi connectivity index (χ1v) is 7.82. The van der Waals surface area contributed by atoms with Crippen LogP contribution in [0.3, 0.4) is 0 Å². The Morgan fingerprint density at radius 2 is 1.94 bits per heavy atom. The largest absolute Gasteiger partial charge is 0.480 e. The summed E-state index contributed by atoms with van der Waals surface area (Å²) in [6, 6.07) is -0.912. The molecule has 0 aromatic heterocycles. The molecule has 0 radical (unpaired) electrons. The number of carbonyl (C=O) groups excluding carboxylic acids is 1. The van der Waals surface area contributed by atoms with Crippen LogP contribution in [0.15, 0.2) is 0 Å². The maximum absolute atomic E-state index is 12.0. The minimum absolute atomic E-state index is 0.226. The van der Waals surface area contributed by atoms with Gasteiger partial charge in [0, 0.05) is 12.8 Å². The lowest BCUT2D eigenvalue weighted by Crippen LogP contribution is -2.53. The molecule has 3 atom stereocenters. The topological polar surface area (TPSA) is 91.8 Å². The van der Waals surface area contributed by atoms with Crippen LogP contribution >= 0.6 is 0 Å². The summed E-state index contributed by atoms with van der Waals surface area (Å²) in [5.41, 5.74) is 0. The van der Waals surface area contributed by atoms with Crippen LogP contribution in [-0.2, 0) is 19.4 Å². The number of hydrogen-bond donors (Lipinski definition) is 1. The number of aliphatic carboxylic acids is 1. The molecular weight excluding hydrogens is 258 g/mol. The molecule has 104 valence electrons. The van der Waals surface area contributed by atoms with Crippen molar-refractivity contribution in [3.05, 3.63) is 0 Å². The molecular formula is C11H19NO5S. The Morgan fingerprint density at radius 3 is 2.39 bits per heavy atom. The lowest BCUT2D eigenvalue weighted by Gasteiger charge is -2.37. The summed E-state index contributed by atoms with van der Waals surface area (Å²) in [4.78, 5) is 24.4. The second-order valence-electron chi connectivity index (χ2n) is 4.99. The second-order valence-corrected chi connectivity index (χ2v) is 7.35. The number of nitrogens with zero attached hydrogens (tertiary/aromatic N) is 1. The Bertz CT molecular complexity index is 444. The number of carboxylic acids is 1. The standard InChI is InChI=1S/C11H19NO5S/c1-7-4-5-12(9(6-7)11(14)15)10(13)8(2)18(3,16)17/h7-9H,4-6H2,1-3H3,(H,14,15). The van der Waals surface area contributed by atoms with Crippen LogP contribution in [0.2, 0.25) is 0 Å². The smallest absolute Gasteiger partial charge is 0.326 e. The molecule has 0 aromatic carbocycles. The van der Waals surface area contributed by atoms with Gasteiger partial charge in [0.2, 0.25) is 5.91 Å². The molecule has 0 aliphatic carbocycles. The Labute approximate surface area is 107 Å². The van der Waals surface area contributed by atoms with Crippen LogP contribution in [0.25, 0.3) is 0 Å². The predicted octanol–water partition coefficient (Wildman–Crippen LogP) is 0.131. The van der Waals surface area contributed by atoms with Crippen LogP contribution in [0.5, 0.6) is 0 Å². The molecule has 18 heavy (non-hydrogen) atoms. The molecule has 7 heteroatoms. The van der Waals surface area contributed by atoms with E-state index in [0.717, 1.165) is 6.26 Å². The van der Waals surface area contributed by atoms with E-state index >= 15 is 0 Å². The Balaban J connectivity index is 2.93. The van der Waals surface area contributed by atoms with E-state index in [1.165, 1.54) is 11.8 Å². The van der Waals surface area contributed by atoms with E-state index in [4.69, 9.17) is 5.11 Å². The van der Waals surface area contributed by atoms with Crippen LogP contribution in [0, 0.1) is 5.92 Å². The molecule has 6 nitrogen and oxygen atoms in total. The summed E-state index contributed by atoms with van der Waals surface area (Å²) < 4.78 is 22.7. The second kappa shape index (κ2) is 5.26. The Kier molecular flexibility index (Phi) is 4.37. The molecule has 0 saturated carbocycles. The molecule has 0 aromatic rings. The molecule has 1 aliphatic heterocycles. The van der Waals surface area contributed by atoms with Gasteiger partial charge in [0.1, 0.15) is 11.3 Å². The van der Waals surface area contributed by atoms with Gasteiger partial charge in [-0.2, -0.15) is 0 Å². The molecule has 1 amide bonds. The molecule has 1 aliphatic rings. The average molecular weight is 277 g/mol. The van der Waals surface area contributed by atoms with Crippen molar-refractivity contribution < 1.29 is 23.1 Å². The Hall–Kier alpha value is -1.11. The summed E-state index contributed by atoms with van der Waals surface area (Å²) in [7, 11) is -3.50. The highest BCUT2D eigenvalue weighted by molar-refractivity contribution is 7.92. The summed E-state index contributed by atoms with van der Waals surface area (Å²) >= 11 is 0. The maximum Gasteiger partial charge on any atom is 0.326 e. The van der Waals surface area contributed by atoms with E-state index in [2.05, 4.69) is 0 Å². The van der Waals surface area contributed by atoms with Crippen molar-refractivity contribution in [1.29, 1.82) is 0 Å². The minimum Gasteiger partial charge on any atom is -0.480 e. The summed E-state index contributed by atoms with van der Waals surface area (Å²) in [6.45, 7) is 3.53. The molecule has 1 heterocycles. The summed E-state index contributed by atoms with van der Waals surface area (Å²) in [6.07, 6.45) is 2.06. The van der Waals surface area contributed by atoms with Gasteiger partial charge < -0.3 is 10.0 Å². The monoisotopic (exact) mass is 277 g/mol. The molecule has 3 unspecified atom stereocenters. The Morgan fingerprint density at radius 1 is 1.39 bits per heavy atom. The highest BCUT2D eigenvalue weighted by Gasteiger charge is 2.38. The van der Waals surface area contributed by atoms with E-state index in [9.17, 15) is 18.0 Å². The van der Waals surface area contributed by atoms with Gasteiger partial charge in [0.05, 0.1) is 0 Å². The zero-order chi connectivity index (χ0) is 14.1. The first kappa shape index (κ1) is 14.9. The van der Waals surface area contributed by atoms with E-state index < -0.39 is 33.0 Å². The fourth-order valence-corrected chi connectivity index (χ4v) is 2.56. The van der Waals surface area contributed by atoms with Gasteiger partial charge in [-0.15, -0.1) is 0 Å². The molecule has 1 saturated heterocycles. The van der Waals surface area contributed by atoms with Gasteiger partial charge in [-0.1, -0.05) is 6.92 Å². The van der Waals surface area contributed by atoms with Crippen LogP contribution in [0.1, 0.15) is 26.7 Å². The average Bonchev–Trinajstić information content (AvgIpc) is 2.25. The maximum atomic E-state index is 12.0. The normalized spacial score (nSPS) is 26.7. The number of carboxylic acid groups (broad SMARTS) is 1. The fourth-order valence-electron chi connectivity index (χ4n) is 2.06. The van der Waals surface area contributed by atoms with E-state index in [1.807, 2.05) is 6.92 Å². The number of carbonyl (C=O) groups is 2. The van der Waals surface area contributed by atoms with Crippen molar-refractivity contribution in [1.82, 2.24) is 4.90 Å². The first-order valence-electron chi connectivity index (χ1n) is 5.86. The number of rotatable bonds is 3. The zero-order valence-corrected chi connectivity index (χ0v) is 11.6. The molecule has 1 fully saturated rings. The fraction of sp³-hybridized carbons (Fsp3) is 0.818. The van der Waals surface area contributed by atoms with Crippen LogP contribution in [-0.4, -0.2) is 54.4 Å². The number of likely N-dealkylation sites (tertiary alicyclic amines) is 1. The van der Waals surface area contributed by atoms with Gasteiger partial charge >= 0.3 is 5.97 Å². The highest BCUT2D eigenvalue weighted by Crippen LogP contribution is 2.24. The van der Waals surface area contributed by atoms with Crippen molar-refractivity contribution >= 4 is 21.7 Å². The van der Waals surface area contributed by atoms with E-state index in [0.29, 0.717) is 19.4 Å². The lowest BCUT2D eigenvalue weighted by atomic mass is 9.92. The predicted molar refractivity (Wildman–Crippen MR) is 65.8 cm³/mol. The van der Waals surface area contributed by atoms with Crippen molar-refractivity contribution in [2.24, 2.45) is 5.92 Å². The quantitative estimate of drug-likeness (QED) is 0.791. The van der Waals surface area contributed by atoms with Crippen molar-refractivity contribution in [3.8, 4) is 0 Å². The van der Waals surface area contributed by atoms with Crippen molar-refractivity contribution in [3.63, 3.8) is 0 Å². The minimum atomic E-state index is -3.50. The van der Waals surface area contributed by atoms with Gasteiger partial charge in [0.25, 0.3) is 0 Å². The van der Waals surface area contributed by atoms with Gasteiger partial charge in [0.15, 0.2) is 9.84 Å². The molecule has 0 bridgehead atoms. The van der Waals surface area contributed by atoms with Crippen molar-refractivity contribution in [2.75, 3.05) is 12.8 Å². The number of hydrogen-bond acceptors (Lipinski definition) is 4. The van der Waals surface area contributed by atoms with Gasteiger partial charge in [-0.3, -0.25) is 4.79 Å². The third-order valence-corrected chi connectivity index (χ3v) is 4.91. The van der Waals surface area contributed by atoms with Gasteiger partial charge in [-0.05, 0) is 25.7 Å².